The van der Waals surface area contributed by atoms with Gasteiger partial charge in [0.2, 0.25) is 0 Å². The molecule has 0 radical (unpaired) electrons. The zero-order valence-electron chi connectivity index (χ0n) is 11.6. The molecule has 1 aromatic rings. The Morgan fingerprint density at radius 2 is 2.05 bits per heavy atom. The van der Waals surface area contributed by atoms with Gasteiger partial charge in [-0.3, -0.25) is 0 Å². The van der Waals surface area contributed by atoms with Gasteiger partial charge < -0.3 is 11.1 Å². The van der Waals surface area contributed by atoms with E-state index in [-0.39, 0.29) is 11.2 Å². The lowest BCUT2D eigenvalue weighted by atomic mass is 9.74. The number of aromatic nitrogens is 2. The van der Waals surface area contributed by atoms with Gasteiger partial charge in [-0.15, -0.1) is 0 Å². The number of aryl methyl sites for hydroxylation is 1. The van der Waals surface area contributed by atoms with E-state index in [0.29, 0.717) is 31.0 Å². The molecule has 1 aromatic heterocycles. The van der Waals surface area contributed by atoms with Crippen LogP contribution in [0.3, 0.4) is 0 Å². The molecule has 0 atom stereocenters. The molecule has 1 heterocycles. The van der Waals surface area contributed by atoms with Crippen molar-refractivity contribution in [3.05, 3.63) is 17.8 Å². The summed E-state index contributed by atoms with van der Waals surface area (Å²) < 4.78 is 14.0. The minimum atomic E-state index is -0.326. The van der Waals surface area contributed by atoms with E-state index < -0.39 is 0 Å². The number of hydrogen-bond donors (Lipinski definition) is 2. The summed E-state index contributed by atoms with van der Waals surface area (Å²) in [7, 11) is 0. The van der Waals surface area contributed by atoms with Gasteiger partial charge in [-0.2, -0.15) is 0 Å². The van der Waals surface area contributed by atoms with Crippen LogP contribution in [0.2, 0.25) is 0 Å². The van der Waals surface area contributed by atoms with Gasteiger partial charge in [0, 0.05) is 6.54 Å². The summed E-state index contributed by atoms with van der Waals surface area (Å²) in [6.45, 7) is 3.23. The average Bonchev–Trinajstić information content (AvgIpc) is 2.47. The first-order valence-electron chi connectivity index (χ1n) is 7.14. The highest BCUT2D eigenvalue weighted by molar-refractivity contribution is 5.37. The second-order valence-corrected chi connectivity index (χ2v) is 5.45. The maximum atomic E-state index is 14.0. The van der Waals surface area contributed by atoms with Crippen LogP contribution in [0.5, 0.6) is 0 Å². The fraction of sp³-hybridized carbons (Fsp3) is 0.714. The van der Waals surface area contributed by atoms with Crippen molar-refractivity contribution in [2.75, 3.05) is 18.4 Å². The van der Waals surface area contributed by atoms with E-state index in [1.54, 1.807) is 0 Å². The Kier molecular flexibility index (Phi) is 4.69. The molecule has 1 aliphatic carbocycles. The fourth-order valence-electron chi connectivity index (χ4n) is 2.80. The van der Waals surface area contributed by atoms with Gasteiger partial charge >= 0.3 is 0 Å². The van der Waals surface area contributed by atoms with Crippen molar-refractivity contribution >= 4 is 5.82 Å². The van der Waals surface area contributed by atoms with Gasteiger partial charge in [0.1, 0.15) is 6.33 Å². The lowest BCUT2D eigenvalue weighted by molar-refractivity contribution is 0.215. The van der Waals surface area contributed by atoms with Crippen LogP contribution in [-0.2, 0) is 6.42 Å². The smallest absolute Gasteiger partial charge is 0.186 e. The van der Waals surface area contributed by atoms with Crippen LogP contribution < -0.4 is 11.1 Å². The molecule has 0 aliphatic heterocycles. The van der Waals surface area contributed by atoms with Crippen LogP contribution in [0.15, 0.2) is 6.33 Å². The summed E-state index contributed by atoms with van der Waals surface area (Å²) in [6.07, 6.45) is 7.93. The van der Waals surface area contributed by atoms with Crippen LogP contribution in [-0.4, -0.2) is 23.1 Å². The molecule has 0 saturated heterocycles. The Balaban J connectivity index is 2.05. The Labute approximate surface area is 114 Å². The van der Waals surface area contributed by atoms with Crippen molar-refractivity contribution in [2.45, 2.75) is 45.4 Å². The summed E-state index contributed by atoms with van der Waals surface area (Å²) in [6, 6.07) is 0. The number of nitrogens with one attached hydrogen (secondary N) is 1. The molecule has 5 heteroatoms. The van der Waals surface area contributed by atoms with Crippen LogP contribution in [0, 0.1) is 11.2 Å². The number of halogens is 1. The van der Waals surface area contributed by atoms with E-state index in [4.69, 9.17) is 5.73 Å². The predicted octanol–water partition coefficient (Wildman–Crippen LogP) is 2.50. The number of nitrogens with two attached hydrogens (primary N) is 1. The van der Waals surface area contributed by atoms with Gasteiger partial charge in [0.15, 0.2) is 11.6 Å². The van der Waals surface area contributed by atoms with Gasteiger partial charge in [-0.25, -0.2) is 14.4 Å². The highest BCUT2D eigenvalue weighted by atomic mass is 19.1. The van der Waals surface area contributed by atoms with Gasteiger partial charge in [-0.05, 0) is 31.2 Å². The lowest BCUT2D eigenvalue weighted by Gasteiger charge is -2.36. The largest absolute Gasteiger partial charge is 0.367 e. The zero-order chi connectivity index (χ0) is 13.7. The highest BCUT2D eigenvalue weighted by Crippen LogP contribution is 2.35. The summed E-state index contributed by atoms with van der Waals surface area (Å²) >= 11 is 0. The Hall–Kier alpha value is -1.23. The van der Waals surface area contributed by atoms with Crippen molar-refractivity contribution in [3.63, 3.8) is 0 Å². The maximum Gasteiger partial charge on any atom is 0.186 e. The minimum absolute atomic E-state index is 0.0992. The summed E-state index contributed by atoms with van der Waals surface area (Å²) in [4.78, 5) is 7.94. The second-order valence-electron chi connectivity index (χ2n) is 5.45. The topological polar surface area (TPSA) is 63.8 Å². The molecule has 1 saturated carbocycles. The van der Waals surface area contributed by atoms with Crippen molar-refractivity contribution in [2.24, 2.45) is 11.1 Å². The van der Waals surface area contributed by atoms with Crippen molar-refractivity contribution in [3.8, 4) is 0 Å². The average molecular weight is 266 g/mol. The Bertz CT molecular complexity index is 416. The normalized spacial score (nSPS) is 18.3. The number of hydrogen-bond acceptors (Lipinski definition) is 4. The predicted molar refractivity (Wildman–Crippen MR) is 74.4 cm³/mol. The van der Waals surface area contributed by atoms with Crippen molar-refractivity contribution in [1.29, 1.82) is 0 Å². The minimum Gasteiger partial charge on any atom is -0.367 e. The van der Waals surface area contributed by atoms with Crippen LogP contribution in [0.25, 0.3) is 0 Å². The first-order valence-corrected chi connectivity index (χ1v) is 7.14. The first kappa shape index (κ1) is 14.2. The molecule has 0 amide bonds. The summed E-state index contributed by atoms with van der Waals surface area (Å²) in [5, 5.41) is 3.14. The van der Waals surface area contributed by atoms with Crippen LogP contribution in [0.4, 0.5) is 10.2 Å². The summed E-state index contributed by atoms with van der Waals surface area (Å²) in [5.41, 5.74) is 6.49. The molecule has 19 heavy (non-hydrogen) atoms. The molecule has 1 aliphatic rings. The van der Waals surface area contributed by atoms with Gasteiger partial charge in [-0.1, -0.05) is 26.2 Å². The Morgan fingerprint density at radius 1 is 1.32 bits per heavy atom. The highest BCUT2D eigenvalue weighted by Gasteiger charge is 2.30. The second kappa shape index (κ2) is 6.28. The molecule has 0 spiro atoms. The zero-order valence-corrected chi connectivity index (χ0v) is 11.6. The molecule has 106 valence electrons. The summed E-state index contributed by atoms with van der Waals surface area (Å²) in [5.74, 6) is -0.0155. The third-order valence-electron chi connectivity index (χ3n) is 4.17. The lowest BCUT2D eigenvalue weighted by Crippen LogP contribution is -2.39. The third kappa shape index (κ3) is 3.21. The fourth-order valence-corrected chi connectivity index (χ4v) is 2.80. The standard InChI is InChI=1S/C14H23FN4/c1-2-11-12(15)13(19-10-18-11)17-9-14(8-16)6-4-3-5-7-14/h10H,2-9,16H2,1H3,(H,17,18,19). The molecule has 0 bridgehead atoms. The van der Waals surface area contributed by atoms with E-state index in [0.717, 1.165) is 12.8 Å². The SMILES string of the molecule is CCc1ncnc(NCC2(CN)CCCCC2)c1F. The molecule has 2 rings (SSSR count). The third-order valence-corrected chi connectivity index (χ3v) is 4.17. The molecule has 0 aromatic carbocycles. The molecule has 0 unspecified atom stereocenters. The van der Waals surface area contributed by atoms with E-state index in [9.17, 15) is 4.39 Å². The molecule has 3 N–H and O–H groups in total. The monoisotopic (exact) mass is 266 g/mol. The Morgan fingerprint density at radius 3 is 2.68 bits per heavy atom. The van der Waals surface area contributed by atoms with Crippen molar-refractivity contribution in [1.82, 2.24) is 9.97 Å². The van der Waals surface area contributed by atoms with Gasteiger partial charge in [0.05, 0.1) is 5.69 Å². The van der Waals surface area contributed by atoms with Crippen LogP contribution >= 0.6 is 0 Å². The molecular formula is C14H23FN4. The van der Waals surface area contributed by atoms with Gasteiger partial charge in [0.25, 0.3) is 0 Å². The molecular weight excluding hydrogens is 243 g/mol. The molecule has 4 nitrogen and oxygen atoms in total. The first-order chi connectivity index (χ1) is 9.21. The maximum absolute atomic E-state index is 14.0. The van der Waals surface area contributed by atoms with E-state index >= 15 is 0 Å². The number of rotatable bonds is 5. The number of nitrogens with zero attached hydrogens (tertiary/aromatic N) is 2. The van der Waals surface area contributed by atoms with E-state index in [1.165, 1.54) is 25.6 Å². The van der Waals surface area contributed by atoms with E-state index in [1.807, 2.05) is 6.92 Å². The molecule has 1 fully saturated rings. The van der Waals surface area contributed by atoms with Crippen LogP contribution in [0.1, 0.15) is 44.7 Å². The number of anilines is 1. The van der Waals surface area contributed by atoms with E-state index in [2.05, 4.69) is 15.3 Å². The van der Waals surface area contributed by atoms with Crippen molar-refractivity contribution < 1.29 is 4.39 Å². The quantitative estimate of drug-likeness (QED) is 0.859.